The highest BCUT2D eigenvalue weighted by Gasteiger charge is 2.24. The highest BCUT2D eigenvalue weighted by Crippen LogP contribution is 2.39. The summed E-state index contributed by atoms with van der Waals surface area (Å²) in [5.74, 6) is -0.284. The van der Waals surface area contributed by atoms with Crippen LogP contribution in [0.1, 0.15) is 33.5 Å². The maximum Gasteiger partial charge on any atom is 0.337 e. The number of aromatic nitrogens is 4. The number of carbonyl (C=O) groups is 1. The summed E-state index contributed by atoms with van der Waals surface area (Å²) in [6.45, 7) is 3.68. The Balaban J connectivity index is 1.32. The molecule has 216 valence electrons. The van der Waals surface area contributed by atoms with Gasteiger partial charge in [0.1, 0.15) is 5.82 Å². The van der Waals surface area contributed by atoms with Crippen LogP contribution >= 0.6 is 0 Å². The standard InChI is InChI=1S/C38H32N4O2/c1-26-11-9-18-33-34(26)29(24-41(33)21-10-14-27-12-3-2-4-13-27)25-42-22-20-40-37(42)31-23-28-15-5-6-16-30(28)36(38(43)44)35(31)32-17-7-8-19-39-32/h2-9,11-13,15-20,22-24H,10,14,21,25H2,1H3,(H,43,44). The quantitative estimate of drug-likeness (QED) is 0.187. The molecule has 0 saturated heterocycles. The molecule has 0 spiro atoms. The molecule has 3 aromatic heterocycles. The highest BCUT2D eigenvalue weighted by atomic mass is 16.4. The third-order valence-electron chi connectivity index (χ3n) is 8.38. The summed E-state index contributed by atoms with van der Waals surface area (Å²) < 4.78 is 4.49. The van der Waals surface area contributed by atoms with Crippen LogP contribution in [-0.4, -0.2) is 30.2 Å². The number of aromatic carboxylic acids is 1. The van der Waals surface area contributed by atoms with Crippen molar-refractivity contribution in [3.05, 3.63) is 144 Å². The van der Waals surface area contributed by atoms with Gasteiger partial charge >= 0.3 is 5.97 Å². The van der Waals surface area contributed by atoms with Crippen molar-refractivity contribution < 1.29 is 9.90 Å². The van der Waals surface area contributed by atoms with Gasteiger partial charge in [0.2, 0.25) is 0 Å². The first kappa shape index (κ1) is 27.3. The number of hydrogen-bond donors (Lipinski definition) is 1. The van der Waals surface area contributed by atoms with Gasteiger partial charge in [-0.05, 0) is 71.5 Å². The lowest BCUT2D eigenvalue weighted by Gasteiger charge is -2.17. The maximum atomic E-state index is 12.8. The Kier molecular flexibility index (Phi) is 7.24. The highest BCUT2D eigenvalue weighted by molar-refractivity contribution is 6.12. The summed E-state index contributed by atoms with van der Waals surface area (Å²) in [5.41, 5.74) is 7.16. The fraction of sp³-hybridized carbons (Fsp3) is 0.132. The van der Waals surface area contributed by atoms with Crippen molar-refractivity contribution in [3.8, 4) is 22.6 Å². The van der Waals surface area contributed by atoms with Crippen LogP contribution in [0.4, 0.5) is 0 Å². The van der Waals surface area contributed by atoms with Crippen LogP contribution in [0.2, 0.25) is 0 Å². The number of carboxylic acids is 1. The first-order valence-electron chi connectivity index (χ1n) is 14.9. The lowest BCUT2D eigenvalue weighted by molar-refractivity contribution is 0.0700. The molecule has 0 aliphatic heterocycles. The fourth-order valence-corrected chi connectivity index (χ4v) is 6.42. The molecule has 6 heteroatoms. The summed E-state index contributed by atoms with van der Waals surface area (Å²) >= 11 is 0. The van der Waals surface area contributed by atoms with E-state index < -0.39 is 5.97 Å². The Hall–Kier alpha value is -5.49. The van der Waals surface area contributed by atoms with Gasteiger partial charge in [0, 0.05) is 53.4 Å². The van der Waals surface area contributed by atoms with E-state index in [2.05, 4.69) is 75.8 Å². The third kappa shape index (κ3) is 5.05. The van der Waals surface area contributed by atoms with Crippen molar-refractivity contribution in [3.63, 3.8) is 0 Å². The second kappa shape index (κ2) is 11.7. The average Bonchev–Trinajstić information content (AvgIpc) is 3.66. The van der Waals surface area contributed by atoms with Gasteiger partial charge in [0.15, 0.2) is 0 Å². The summed E-state index contributed by atoms with van der Waals surface area (Å²) in [5, 5.41) is 13.3. The zero-order chi connectivity index (χ0) is 30.0. The number of aryl methyl sites for hydroxylation is 3. The molecule has 44 heavy (non-hydrogen) atoms. The number of rotatable bonds is 9. The number of carboxylic acid groups (broad SMARTS) is 1. The lowest BCUT2D eigenvalue weighted by Crippen LogP contribution is -2.07. The van der Waals surface area contributed by atoms with Crippen LogP contribution in [0.25, 0.3) is 44.3 Å². The average molecular weight is 577 g/mol. The van der Waals surface area contributed by atoms with Crippen LogP contribution in [0, 0.1) is 6.92 Å². The van der Waals surface area contributed by atoms with Gasteiger partial charge < -0.3 is 14.2 Å². The first-order valence-corrected chi connectivity index (χ1v) is 14.9. The van der Waals surface area contributed by atoms with E-state index >= 15 is 0 Å². The molecule has 7 aromatic rings. The smallest absolute Gasteiger partial charge is 0.337 e. The molecule has 6 nitrogen and oxygen atoms in total. The van der Waals surface area contributed by atoms with Crippen molar-refractivity contribution in [1.29, 1.82) is 0 Å². The van der Waals surface area contributed by atoms with Gasteiger partial charge in [-0.2, -0.15) is 0 Å². The molecule has 0 atom stereocenters. The minimum Gasteiger partial charge on any atom is -0.478 e. The maximum absolute atomic E-state index is 12.8. The van der Waals surface area contributed by atoms with E-state index in [-0.39, 0.29) is 5.56 Å². The third-order valence-corrected chi connectivity index (χ3v) is 8.38. The van der Waals surface area contributed by atoms with Gasteiger partial charge in [0.25, 0.3) is 0 Å². The van der Waals surface area contributed by atoms with Crippen LogP contribution in [0.15, 0.2) is 122 Å². The molecule has 0 fully saturated rings. The van der Waals surface area contributed by atoms with E-state index in [1.54, 1.807) is 12.4 Å². The molecule has 0 aliphatic carbocycles. The summed E-state index contributed by atoms with van der Waals surface area (Å²) in [7, 11) is 0. The molecule has 1 N–H and O–H groups in total. The zero-order valence-electron chi connectivity index (χ0n) is 24.5. The van der Waals surface area contributed by atoms with E-state index in [4.69, 9.17) is 4.98 Å². The molecule has 0 aliphatic rings. The Morgan fingerprint density at radius 2 is 1.66 bits per heavy atom. The van der Waals surface area contributed by atoms with E-state index in [9.17, 15) is 9.90 Å². The molecular formula is C38H32N4O2. The van der Waals surface area contributed by atoms with Crippen molar-refractivity contribution in [1.82, 2.24) is 19.1 Å². The monoisotopic (exact) mass is 576 g/mol. The van der Waals surface area contributed by atoms with Gasteiger partial charge in [-0.3, -0.25) is 4.98 Å². The van der Waals surface area contributed by atoms with E-state index in [0.717, 1.165) is 30.3 Å². The molecule has 4 aromatic carbocycles. The number of pyridine rings is 1. The zero-order valence-corrected chi connectivity index (χ0v) is 24.5. The number of nitrogens with zero attached hydrogens (tertiary/aromatic N) is 4. The van der Waals surface area contributed by atoms with Gasteiger partial charge in [-0.1, -0.05) is 72.8 Å². The van der Waals surface area contributed by atoms with Crippen LogP contribution in [0.5, 0.6) is 0 Å². The molecule has 7 rings (SSSR count). The number of benzene rings is 4. The SMILES string of the molecule is Cc1cccc2c1c(Cn1ccnc1-c1cc3ccccc3c(C(=O)O)c1-c1ccccn1)cn2CCCc1ccccc1. The van der Waals surface area contributed by atoms with Crippen molar-refractivity contribution in [2.24, 2.45) is 0 Å². The second-order valence-electron chi connectivity index (χ2n) is 11.2. The van der Waals surface area contributed by atoms with Crippen molar-refractivity contribution in [2.75, 3.05) is 0 Å². The molecule has 0 radical (unpaired) electrons. The van der Waals surface area contributed by atoms with Crippen molar-refractivity contribution >= 4 is 27.6 Å². The number of hydrogen-bond acceptors (Lipinski definition) is 3. The Morgan fingerprint density at radius 1 is 0.841 bits per heavy atom. The minimum absolute atomic E-state index is 0.234. The minimum atomic E-state index is -0.990. The predicted octanol–water partition coefficient (Wildman–Crippen LogP) is 8.41. The Labute approximate surface area is 255 Å². The molecule has 0 amide bonds. The van der Waals surface area contributed by atoms with Crippen LogP contribution in [0.3, 0.4) is 0 Å². The Morgan fingerprint density at radius 3 is 2.48 bits per heavy atom. The number of fused-ring (bicyclic) bond motifs is 2. The van der Waals surface area contributed by atoms with Gasteiger partial charge in [-0.15, -0.1) is 0 Å². The molecule has 0 saturated carbocycles. The van der Waals surface area contributed by atoms with Crippen LogP contribution < -0.4 is 0 Å². The van der Waals surface area contributed by atoms with Crippen LogP contribution in [-0.2, 0) is 19.5 Å². The molecule has 3 heterocycles. The first-order chi connectivity index (χ1) is 21.6. The van der Waals surface area contributed by atoms with Gasteiger partial charge in [-0.25, -0.2) is 9.78 Å². The lowest BCUT2D eigenvalue weighted by atomic mass is 9.91. The van der Waals surface area contributed by atoms with Crippen molar-refractivity contribution in [2.45, 2.75) is 32.9 Å². The van der Waals surface area contributed by atoms with E-state index in [0.29, 0.717) is 29.0 Å². The summed E-state index contributed by atoms with van der Waals surface area (Å²) in [4.78, 5) is 22.2. The second-order valence-corrected chi connectivity index (χ2v) is 11.2. The number of imidazole rings is 1. The Bertz CT molecular complexity index is 2110. The topological polar surface area (TPSA) is 72.9 Å². The van der Waals surface area contributed by atoms with E-state index in [1.807, 2.05) is 54.7 Å². The fourth-order valence-electron chi connectivity index (χ4n) is 6.42. The van der Waals surface area contributed by atoms with Gasteiger partial charge in [0.05, 0.1) is 17.8 Å². The molecular weight excluding hydrogens is 544 g/mol. The normalized spacial score (nSPS) is 11.4. The largest absolute Gasteiger partial charge is 0.478 e. The summed E-state index contributed by atoms with van der Waals surface area (Å²) in [6.07, 6.45) is 9.80. The molecule has 0 unspecified atom stereocenters. The molecule has 0 bridgehead atoms. The predicted molar refractivity (Wildman–Crippen MR) is 176 cm³/mol. The van der Waals surface area contributed by atoms with E-state index in [1.165, 1.54) is 27.6 Å². The summed E-state index contributed by atoms with van der Waals surface area (Å²) in [6, 6.07) is 32.3.